The summed E-state index contributed by atoms with van der Waals surface area (Å²) in [5, 5.41) is 7.80. The molecular weight excluding hydrogens is 208 g/mol. The van der Waals surface area contributed by atoms with Crippen LogP contribution in [0.25, 0.3) is 0 Å². The van der Waals surface area contributed by atoms with Crippen molar-refractivity contribution >= 4 is 21.4 Å². The summed E-state index contributed by atoms with van der Waals surface area (Å²) in [7, 11) is 0.210. The summed E-state index contributed by atoms with van der Waals surface area (Å²) >= 11 is 0. The van der Waals surface area contributed by atoms with Crippen molar-refractivity contribution in [2.24, 2.45) is 0 Å². The molecule has 6 nitrogen and oxygen atoms in total. The Hall–Kier alpha value is -0.603. The fourth-order valence-corrected chi connectivity index (χ4v) is 3.19. The molecule has 1 atom stereocenters. The van der Waals surface area contributed by atoms with E-state index < -0.39 is 20.4 Å². The lowest BCUT2D eigenvalue weighted by Gasteiger charge is -2.34. The first-order valence-electron chi connectivity index (χ1n) is 3.83. The smallest absolute Gasteiger partial charge is 0.378 e. The van der Waals surface area contributed by atoms with Gasteiger partial charge in [0.15, 0.2) is 11.5 Å². The van der Waals surface area contributed by atoms with Gasteiger partial charge in [-0.1, -0.05) is 0 Å². The predicted molar refractivity (Wildman–Crippen MR) is 48.5 cm³/mol. The Kier molecular flexibility index (Phi) is 5.09. The SMILES string of the molecule is CO[Si](OC)(OC)C(O)(C=O)CC=O. The van der Waals surface area contributed by atoms with Crippen LogP contribution in [-0.2, 0) is 22.9 Å². The van der Waals surface area contributed by atoms with E-state index in [0.717, 1.165) is 0 Å². The molecule has 0 rings (SSSR count). The number of carbonyl (C=O) groups excluding carboxylic acids is 2. The molecule has 0 aromatic rings. The third kappa shape index (κ3) is 2.07. The summed E-state index contributed by atoms with van der Waals surface area (Å²) in [6.45, 7) is 0. The van der Waals surface area contributed by atoms with Crippen LogP contribution in [0.4, 0.5) is 0 Å². The molecule has 0 aliphatic rings. The molecule has 0 spiro atoms. The second-order valence-corrected chi connectivity index (χ2v) is 5.78. The van der Waals surface area contributed by atoms with Crippen LogP contribution in [-0.4, -0.2) is 53.0 Å². The predicted octanol–water partition coefficient (Wildman–Crippen LogP) is -1.08. The van der Waals surface area contributed by atoms with Gasteiger partial charge in [0.1, 0.15) is 6.29 Å². The highest BCUT2D eigenvalue weighted by molar-refractivity contribution is 6.67. The van der Waals surface area contributed by atoms with Crippen LogP contribution < -0.4 is 0 Å². The Balaban J connectivity index is 5.09. The highest BCUT2D eigenvalue weighted by atomic mass is 28.4. The molecule has 0 fully saturated rings. The van der Waals surface area contributed by atoms with Crippen molar-refractivity contribution in [3.63, 3.8) is 0 Å². The number of hydrogen-bond donors (Lipinski definition) is 1. The molecule has 0 amide bonds. The van der Waals surface area contributed by atoms with Gasteiger partial charge in [-0.05, 0) is 0 Å². The lowest BCUT2D eigenvalue weighted by atomic mass is 10.3. The molecule has 0 saturated heterocycles. The van der Waals surface area contributed by atoms with Gasteiger partial charge in [0, 0.05) is 27.8 Å². The van der Waals surface area contributed by atoms with E-state index in [1.807, 2.05) is 0 Å². The fraction of sp³-hybridized carbons (Fsp3) is 0.714. The Bertz CT molecular complexity index is 196. The van der Waals surface area contributed by atoms with Crippen molar-refractivity contribution in [1.82, 2.24) is 0 Å². The molecule has 0 saturated carbocycles. The summed E-state index contributed by atoms with van der Waals surface area (Å²) < 4.78 is 14.7. The molecule has 14 heavy (non-hydrogen) atoms. The summed E-state index contributed by atoms with van der Waals surface area (Å²) in [5.74, 6) is 0. The molecule has 0 aliphatic carbocycles. The van der Waals surface area contributed by atoms with Gasteiger partial charge in [-0.2, -0.15) is 0 Å². The first kappa shape index (κ1) is 13.4. The maximum absolute atomic E-state index is 10.7. The van der Waals surface area contributed by atoms with Crippen LogP contribution in [0.1, 0.15) is 6.42 Å². The van der Waals surface area contributed by atoms with E-state index in [4.69, 9.17) is 13.3 Å². The largest absolute Gasteiger partial charge is 0.541 e. The molecule has 0 heterocycles. The van der Waals surface area contributed by atoms with Gasteiger partial charge < -0.3 is 28.0 Å². The van der Waals surface area contributed by atoms with E-state index in [-0.39, 0.29) is 6.29 Å². The molecule has 0 aromatic heterocycles. The van der Waals surface area contributed by atoms with E-state index in [0.29, 0.717) is 6.29 Å². The molecular formula is C7H14O6Si. The van der Waals surface area contributed by atoms with Crippen LogP contribution in [0.5, 0.6) is 0 Å². The van der Waals surface area contributed by atoms with Crippen LogP contribution in [0.3, 0.4) is 0 Å². The number of aliphatic hydroxyl groups is 1. The Morgan fingerprint density at radius 2 is 1.64 bits per heavy atom. The average molecular weight is 222 g/mol. The van der Waals surface area contributed by atoms with Gasteiger partial charge in [-0.25, -0.2) is 0 Å². The normalized spacial score (nSPS) is 16.0. The zero-order valence-corrected chi connectivity index (χ0v) is 9.35. The molecule has 0 aliphatic heterocycles. The maximum atomic E-state index is 10.7. The Labute approximate surface area is 83.1 Å². The quantitative estimate of drug-likeness (QED) is 0.436. The van der Waals surface area contributed by atoms with Crippen molar-refractivity contribution in [2.75, 3.05) is 21.3 Å². The van der Waals surface area contributed by atoms with Gasteiger partial charge in [-0.3, -0.25) is 0 Å². The summed E-state index contributed by atoms with van der Waals surface area (Å²) in [4.78, 5) is 21.0. The third-order valence-electron chi connectivity index (χ3n) is 1.93. The van der Waals surface area contributed by atoms with Gasteiger partial charge >= 0.3 is 8.80 Å². The van der Waals surface area contributed by atoms with Crippen LogP contribution in [0.2, 0.25) is 0 Å². The Morgan fingerprint density at radius 3 is 1.86 bits per heavy atom. The second-order valence-electron chi connectivity index (χ2n) is 2.58. The van der Waals surface area contributed by atoms with E-state index in [1.54, 1.807) is 0 Å². The fourth-order valence-electron chi connectivity index (χ4n) is 1.15. The molecule has 0 radical (unpaired) electrons. The van der Waals surface area contributed by atoms with Crippen LogP contribution >= 0.6 is 0 Å². The minimum absolute atomic E-state index is 0.212. The number of aldehydes is 2. The lowest BCUT2D eigenvalue weighted by molar-refractivity contribution is -0.127. The zero-order chi connectivity index (χ0) is 11.2. The number of hydrogen-bond acceptors (Lipinski definition) is 6. The maximum Gasteiger partial charge on any atom is 0.541 e. The Morgan fingerprint density at radius 1 is 1.21 bits per heavy atom. The molecule has 0 bridgehead atoms. The molecule has 1 unspecified atom stereocenters. The first-order chi connectivity index (χ1) is 6.55. The molecule has 0 aromatic carbocycles. The van der Waals surface area contributed by atoms with Crippen molar-refractivity contribution in [3.8, 4) is 0 Å². The van der Waals surface area contributed by atoms with Crippen molar-refractivity contribution in [2.45, 2.75) is 11.6 Å². The summed E-state index contributed by atoms with van der Waals surface area (Å²) in [5.41, 5.74) is 0. The standard InChI is InChI=1S/C7H14O6Si/c1-11-14(12-2,13-3)7(10,6-9)4-5-8/h5-6,10H,4H2,1-3H3. The minimum atomic E-state index is -3.54. The second kappa shape index (κ2) is 5.32. The van der Waals surface area contributed by atoms with Crippen molar-refractivity contribution in [1.29, 1.82) is 0 Å². The summed E-state index contributed by atoms with van der Waals surface area (Å²) in [6.07, 6.45) is 0.204. The van der Waals surface area contributed by atoms with Gasteiger partial charge in [0.25, 0.3) is 0 Å². The highest BCUT2D eigenvalue weighted by Crippen LogP contribution is 2.23. The van der Waals surface area contributed by atoms with Gasteiger partial charge in [0.05, 0.1) is 0 Å². The van der Waals surface area contributed by atoms with E-state index in [9.17, 15) is 14.7 Å². The first-order valence-corrected chi connectivity index (χ1v) is 5.56. The topological polar surface area (TPSA) is 82.1 Å². The van der Waals surface area contributed by atoms with E-state index >= 15 is 0 Å². The number of rotatable bonds is 7. The minimum Gasteiger partial charge on any atom is -0.378 e. The zero-order valence-electron chi connectivity index (χ0n) is 8.35. The van der Waals surface area contributed by atoms with E-state index in [2.05, 4.69) is 0 Å². The van der Waals surface area contributed by atoms with E-state index in [1.165, 1.54) is 21.3 Å². The highest BCUT2D eigenvalue weighted by Gasteiger charge is 2.59. The van der Waals surface area contributed by atoms with Crippen LogP contribution in [0, 0.1) is 0 Å². The molecule has 1 N–H and O–H groups in total. The molecule has 82 valence electrons. The van der Waals surface area contributed by atoms with Gasteiger partial charge in [-0.15, -0.1) is 0 Å². The number of carbonyl (C=O) groups is 2. The molecule has 7 heteroatoms. The summed E-state index contributed by atoms with van der Waals surface area (Å²) in [6, 6.07) is 0. The average Bonchev–Trinajstić information content (AvgIpc) is 2.21. The third-order valence-corrected chi connectivity index (χ3v) is 4.92. The lowest BCUT2D eigenvalue weighted by Crippen LogP contribution is -2.65. The van der Waals surface area contributed by atoms with Gasteiger partial charge in [0.2, 0.25) is 0 Å². The van der Waals surface area contributed by atoms with Crippen molar-refractivity contribution in [3.05, 3.63) is 0 Å². The van der Waals surface area contributed by atoms with Crippen LogP contribution in [0.15, 0.2) is 0 Å². The van der Waals surface area contributed by atoms with Crippen molar-refractivity contribution < 1.29 is 28.0 Å². The monoisotopic (exact) mass is 222 g/mol.